The van der Waals surface area contributed by atoms with Crippen LogP contribution in [0.1, 0.15) is 41.7 Å². The molecule has 0 fully saturated rings. The molecule has 1 aromatic carbocycles. The van der Waals surface area contributed by atoms with Crippen molar-refractivity contribution >= 4 is 17.3 Å². The van der Waals surface area contributed by atoms with E-state index in [0.717, 1.165) is 17.0 Å². The van der Waals surface area contributed by atoms with Gasteiger partial charge in [0.05, 0.1) is 5.69 Å². The fourth-order valence-corrected chi connectivity index (χ4v) is 3.19. The first-order valence-electron chi connectivity index (χ1n) is 6.84. The largest absolute Gasteiger partial charge is 0.477 e. The third kappa shape index (κ3) is 3.07. The molecule has 106 valence electrons. The fourth-order valence-electron chi connectivity index (χ4n) is 2.20. The number of hydrogen-bond donors (Lipinski definition) is 1. The van der Waals surface area contributed by atoms with Crippen LogP contribution in [0, 0.1) is 5.92 Å². The molecule has 0 spiro atoms. The van der Waals surface area contributed by atoms with E-state index in [0.29, 0.717) is 22.9 Å². The highest BCUT2D eigenvalue weighted by molar-refractivity contribution is 7.17. The van der Waals surface area contributed by atoms with Gasteiger partial charge in [-0.3, -0.25) is 0 Å². The molecule has 0 saturated heterocycles. The minimum Gasteiger partial charge on any atom is -0.477 e. The molecule has 0 atom stereocenters. The Kier molecular flexibility index (Phi) is 4.55. The van der Waals surface area contributed by atoms with Crippen molar-refractivity contribution in [2.75, 3.05) is 0 Å². The number of thiazole rings is 1. The third-order valence-corrected chi connectivity index (χ3v) is 4.24. The van der Waals surface area contributed by atoms with E-state index in [1.54, 1.807) is 0 Å². The highest BCUT2D eigenvalue weighted by Gasteiger charge is 2.19. The Balaban J connectivity index is 2.50. The second-order valence-corrected chi connectivity index (χ2v) is 6.21. The smallest absolute Gasteiger partial charge is 0.347 e. The lowest BCUT2D eigenvalue weighted by atomic mass is 10.1. The van der Waals surface area contributed by atoms with Crippen LogP contribution in [0.2, 0.25) is 0 Å². The summed E-state index contributed by atoms with van der Waals surface area (Å²) in [4.78, 5) is 16.3. The molecule has 1 aromatic heterocycles. The molecule has 0 radical (unpaired) electrons. The zero-order valence-corrected chi connectivity index (χ0v) is 12.8. The van der Waals surface area contributed by atoms with Gasteiger partial charge in [-0.25, -0.2) is 9.78 Å². The van der Waals surface area contributed by atoms with Gasteiger partial charge >= 0.3 is 5.97 Å². The van der Waals surface area contributed by atoms with Crippen molar-refractivity contribution in [3.63, 3.8) is 0 Å². The summed E-state index contributed by atoms with van der Waals surface area (Å²) in [5.41, 5.74) is 2.96. The van der Waals surface area contributed by atoms with Gasteiger partial charge in [0, 0.05) is 5.56 Å². The van der Waals surface area contributed by atoms with Crippen molar-refractivity contribution in [1.82, 2.24) is 4.98 Å². The Bertz CT molecular complexity index is 617. The molecule has 4 heteroatoms. The number of hydrogen-bond acceptors (Lipinski definition) is 3. The topological polar surface area (TPSA) is 50.2 Å². The van der Waals surface area contributed by atoms with E-state index in [4.69, 9.17) is 0 Å². The molecule has 0 aliphatic rings. The molecular weight excluding hydrogens is 270 g/mol. The predicted molar refractivity (Wildman–Crippen MR) is 82.4 cm³/mol. The fraction of sp³-hybridized carbons (Fsp3) is 0.375. The van der Waals surface area contributed by atoms with E-state index < -0.39 is 5.97 Å². The lowest BCUT2D eigenvalue weighted by Gasteiger charge is -2.04. The van der Waals surface area contributed by atoms with Crippen LogP contribution >= 0.6 is 11.3 Å². The number of aromatic nitrogens is 1. The SMILES string of the molecule is CCc1ccccc1-c1nc(CC(C)C)c(C(=O)O)s1. The first kappa shape index (κ1) is 14.7. The predicted octanol–water partition coefficient (Wildman–Crippen LogP) is 4.27. The highest BCUT2D eigenvalue weighted by Crippen LogP contribution is 2.31. The number of carboxylic acid groups (broad SMARTS) is 1. The van der Waals surface area contributed by atoms with Crippen molar-refractivity contribution in [2.24, 2.45) is 5.92 Å². The molecule has 2 rings (SSSR count). The molecule has 0 bridgehead atoms. The molecule has 1 N–H and O–H groups in total. The summed E-state index contributed by atoms with van der Waals surface area (Å²) >= 11 is 1.28. The van der Waals surface area contributed by atoms with Gasteiger partial charge in [0.25, 0.3) is 0 Å². The molecule has 20 heavy (non-hydrogen) atoms. The van der Waals surface area contributed by atoms with Crippen LogP contribution in [0.15, 0.2) is 24.3 Å². The molecule has 0 aliphatic heterocycles. The van der Waals surface area contributed by atoms with Crippen LogP contribution < -0.4 is 0 Å². The number of rotatable bonds is 5. The van der Waals surface area contributed by atoms with Gasteiger partial charge in [-0.1, -0.05) is 45.0 Å². The van der Waals surface area contributed by atoms with Gasteiger partial charge in [-0.15, -0.1) is 11.3 Å². The Morgan fingerprint density at radius 3 is 2.65 bits per heavy atom. The van der Waals surface area contributed by atoms with Crippen molar-refractivity contribution in [1.29, 1.82) is 0 Å². The number of carboxylic acids is 1. The number of benzene rings is 1. The Morgan fingerprint density at radius 2 is 2.05 bits per heavy atom. The standard InChI is InChI=1S/C16H19NO2S/c1-4-11-7-5-6-8-12(11)15-17-13(9-10(2)3)14(20-15)16(18)19/h5-8,10H,4,9H2,1-3H3,(H,18,19). The number of carbonyl (C=O) groups is 1. The molecule has 1 heterocycles. The van der Waals surface area contributed by atoms with Crippen LogP contribution in [0.25, 0.3) is 10.6 Å². The number of aryl methyl sites for hydroxylation is 1. The summed E-state index contributed by atoms with van der Waals surface area (Å²) in [5.74, 6) is -0.483. The molecule has 3 nitrogen and oxygen atoms in total. The third-order valence-electron chi connectivity index (χ3n) is 3.12. The summed E-state index contributed by atoms with van der Waals surface area (Å²) in [6.45, 7) is 6.24. The zero-order valence-electron chi connectivity index (χ0n) is 12.0. The van der Waals surface area contributed by atoms with Gasteiger partial charge in [0.15, 0.2) is 0 Å². The van der Waals surface area contributed by atoms with E-state index >= 15 is 0 Å². The average molecular weight is 289 g/mol. The molecule has 0 unspecified atom stereocenters. The van der Waals surface area contributed by atoms with E-state index in [1.807, 2.05) is 18.2 Å². The maximum Gasteiger partial charge on any atom is 0.347 e. The van der Waals surface area contributed by atoms with Crippen LogP contribution in [0.5, 0.6) is 0 Å². The van der Waals surface area contributed by atoms with E-state index in [1.165, 1.54) is 16.9 Å². The lowest BCUT2D eigenvalue weighted by Crippen LogP contribution is -2.02. The van der Waals surface area contributed by atoms with Crippen molar-refractivity contribution in [3.8, 4) is 10.6 Å². The summed E-state index contributed by atoms with van der Waals surface area (Å²) in [7, 11) is 0. The van der Waals surface area contributed by atoms with E-state index in [-0.39, 0.29) is 0 Å². The Morgan fingerprint density at radius 1 is 1.35 bits per heavy atom. The molecule has 0 amide bonds. The van der Waals surface area contributed by atoms with Crippen LogP contribution in [-0.2, 0) is 12.8 Å². The maximum absolute atomic E-state index is 11.4. The Labute approximate surface area is 123 Å². The van der Waals surface area contributed by atoms with Gasteiger partial charge in [-0.2, -0.15) is 0 Å². The molecular formula is C16H19NO2S. The lowest BCUT2D eigenvalue weighted by molar-refractivity contribution is 0.0700. The average Bonchev–Trinajstić information content (AvgIpc) is 2.81. The van der Waals surface area contributed by atoms with Gasteiger partial charge in [0.2, 0.25) is 0 Å². The summed E-state index contributed by atoms with van der Waals surface area (Å²) in [5, 5.41) is 10.2. The summed E-state index contributed by atoms with van der Waals surface area (Å²) in [6, 6.07) is 8.06. The second-order valence-electron chi connectivity index (χ2n) is 5.21. The first-order chi connectivity index (χ1) is 9.52. The zero-order chi connectivity index (χ0) is 14.7. The maximum atomic E-state index is 11.4. The Hall–Kier alpha value is -1.68. The minimum atomic E-state index is -0.877. The van der Waals surface area contributed by atoms with Crippen molar-refractivity contribution in [2.45, 2.75) is 33.6 Å². The van der Waals surface area contributed by atoms with Gasteiger partial charge < -0.3 is 5.11 Å². The van der Waals surface area contributed by atoms with Gasteiger partial charge in [0.1, 0.15) is 9.88 Å². The van der Waals surface area contributed by atoms with E-state index in [2.05, 4.69) is 31.8 Å². The van der Waals surface area contributed by atoms with Crippen LogP contribution in [0.4, 0.5) is 0 Å². The quantitative estimate of drug-likeness (QED) is 0.894. The molecule has 2 aromatic rings. The monoisotopic (exact) mass is 289 g/mol. The summed E-state index contributed by atoms with van der Waals surface area (Å²) in [6.07, 6.45) is 1.62. The number of nitrogens with zero attached hydrogens (tertiary/aromatic N) is 1. The normalized spacial score (nSPS) is 11.0. The second kappa shape index (κ2) is 6.18. The molecule has 0 aliphatic carbocycles. The van der Waals surface area contributed by atoms with Crippen LogP contribution in [-0.4, -0.2) is 16.1 Å². The van der Waals surface area contributed by atoms with Gasteiger partial charge in [-0.05, 0) is 24.3 Å². The van der Waals surface area contributed by atoms with Crippen molar-refractivity contribution < 1.29 is 9.90 Å². The van der Waals surface area contributed by atoms with Crippen molar-refractivity contribution in [3.05, 3.63) is 40.4 Å². The minimum absolute atomic E-state index is 0.375. The summed E-state index contributed by atoms with van der Waals surface area (Å²) < 4.78 is 0. The highest BCUT2D eigenvalue weighted by atomic mass is 32.1. The molecule has 0 saturated carbocycles. The van der Waals surface area contributed by atoms with Crippen LogP contribution in [0.3, 0.4) is 0 Å². The van der Waals surface area contributed by atoms with E-state index in [9.17, 15) is 9.90 Å². The first-order valence-corrected chi connectivity index (χ1v) is 7.65. The number of aromatic carboxylic acids is 1.